The van der Waals surface area contributed by atoms with E-state index in [4.69, 9.17) is 5.11 Å². The molecule has 2 aliphatic rings. The first-order valence-corrected chi connectivity index (χ1v) is 14.5. The molecule has 3 heterocycles. The Morgan fingerprint density at radius 2 is 1.63 bits per heavy atom. The molecule has 2 fully saturated rings. The number of anilines is 2. The number of carboxylic acid groups (broad SMARTS) is 1. The van der Waals surface area contributed by atoms with Gasteiger partial charge in [0.25, 0.3) is 5.91 Å². The smallest absolute Gasteiger partial charge is 0.419 e. The molecule has 2 aromatic carbocycles. The summed E-state index contributed by atoms with van der Waals surface area (Å²) in [4.78, 5) is 33.3. The molecule has 0 saturated carbocycles. The third kappa shape index (κ3) is 7.76. The van der Waals surface area contributed by atoms with Crippen LogP contribution in [-0.4, -0.2) is 83.3 Å². The lowest BCUT2D eigenvalue weighted by Crippen LogP contribution is -2.47. The first-order chi connectivity index (χ1) is 21.7. The number of rotatable bonds is 8. The topological polar surface area (TPSA) is 89.0 Å². The molecule has 3 aromatic rings. The number of hydrogen-bond donors (Lipinski definition) is 2. The van der Waals surface area contributed by atoms with Crippen LogP contribution in [0.15, 0.2) is 54.7 Å². The molecule has 246 valence electrons. The Balaban J connectivity index is 1.36. The van der Waals surface area contributed by atoms with Crippen LogP contribution < -0.4 is 10.2 Å². The Morgan fingerprint density at radius 3 is 2.24 bits per heavy atom. The Kier molecular flexibility index (Phi) is 9.54. The standard InChI is InChI=1S/C31H30F7N5O3/c32-25-14-20(5-8-24(25)30(33,34)35)23-16-39-27(15-21(23)17-43-9-1-2-26(43)31(36,37)38)40-29(46)19-3-6-22(7-4-19)42-12-10-41(11-13-42)18-28(44)45/h3-8,14-16,26H,1-2,9-13,17-18H2,(H,44,45)(H,39,40,46)/t26-/m0/s1. The summed E-state index contributed by atoms with van der Waals surface area (Å²) in [5.74, 6) is -2.99. The van der Waals surface area contributed by atoms with Gasteiger partial charge in [0, 0.05) is 55.7 Å². The summed E-state index contributed by atoms with van der Waals surface area (Å²) in [7, 11) is 0. The molecule has 5 rings (SSSR count). The van der Waals surface area contributed by atoms with E-state index in [1.807, 2.05) is 4.90 Å². The number of alkyl halides is 6. The average Bonchev–Trinajstić information content (AvgIpc) is 3.46. The molecule has 2 saturated heterocycles. The predicted octanol–water partition coefficient (Wildman–Crippen LogP) is 5.89. The average molecular weight is 654 g/mol. The Bertz CT molecular complexity index is 1570. The molecule has 1 aromatic heterocycles. The summed E-state index contributed by atoms with van der Waals surface area (Å²) in [5.41, 5.74) is -0.0258. The molecule has 0 bridgehead atoms. The van der Waals surface area contributed by atoms with E-state index in [0.29, 0.717) is 38.3 Å². The minimum Gasteiger partial charge on any atom is -0.480 e. The molecule has 0 aliphatic carbocycles. The number of nitrogens with zero attached hydrogens (tertiary/aromatic N) is 4. The van der Waals surface area contributed by atoms with E-state index in [1.165, 1.54) is 17.2 Å². The van der Waals surface area contributed by atoms with Gasteiger partial charge in [-0.2, -0.15) is 26.3 Å². The molecular formula is C31H30F7N5O3. The van der Waals surface area contributed by atoms with Crippen molar-refractivity contribution in [1.82, 2.24) is 14.8 Å². The van der Waals surface area contributed by atoms with E-state index < -0.39 is 41.7 Å². The van der Waals surface area contributed by atoms with Crippen molar-refractivity contribution >= 4 is 23.4 Å². The number of aliphatic carboxylic acids is 1. The Labute approximate surface area is 259 Å². The largest absolute Gasteiger partial charge is 0.480 e. The van der Waals surface area contributed by atoms with Crippen LogP contribution in [0.25, 0.3) is 11.1 Å². The lowest BCUT2D eigenvalue weighted by atomic mass is 9.99. The van der Waals surface area contributed by atoms with Gasteiger partial charge in [-0.15, -0.1) is 0 Å². The highest BCUT2D eigenvalue weighted by Gasteiger charge is 2.46. The van der Waals surface area contributed by atoms with E-state index >= 15 is 0 Å². The van der Waals surface area contributed by atoms with Gasteiger partial charge in [0.1, 0.15) is 17.7 Å². The highest BCUT2D eigenvalue weighted by Crippen LogP contribution is 2.37. The van der Waals surface area contributed by atoms with Gasteiger partial charge in [-0.3, -0.25) is 19.4 Å². The summed E-state index contributed by atoms with van der Waals surface area (Å²) in [5, 5.41) is 11.6. The molecule has 0 unspecified atom stereocenters. The van der Waals surface area contributed by atoms with Crippen LogP contribution in [0.3, 0.4) is 0 Å². The highest BCUT2D eigenvalue weighted by atomic mass is 19.4. The molecule has 0 radical (unpaired) electrons. The van der Waals surface area contributed by atoms with Crippen molar-refractivity contribution in [2.24, 2.45) is 0 Å². The van der Waals surface area contributed by atoms with Gasteiger partial charge in [-0.25, -0.2) is 9.37 Å². The monoisotopic (exact) mass is 653 g/mol. The van der Waals surface area contributed by atoms with Crippen LogP contribution in [0.4, 0.5) is 42.2 Å². The lowest BCUT2D eigenvalue weighted by Gasteiger charge is -2.35. The number of halogens is 7. The summed E-state index contributed by atoms with van der Waals surface area (Å²) in [6.07, 6.45) is -8.06. The zero-order valence-electron chi connectivity index (χ0n) is 24.3. The number of amides is 1. The predicted molar refractivity (Wildman–Crippen MR) is 155 cm³/mol. The van der Waals surface area contributed by atoms with Crippen LogP contribution in [-0.2, 0) is 17.5 Å². The first kappa shape index (κ1) is 33.1. The van der Waals surface area contributed by atoms with Crippen LogP contribution in [0.2, 0.25) is 0 Å². The molecule has 1 amide bonds. The number of hydrogen-bond acceptors (Lipinski definition) is 6. The van der Waals surface area contributed by atoms with Gasteiger partial charge in [-0.1, -0.05) is 6.07 Å². The number of likely N-dealkylation sites (tertiary alicyclic amines) is 1. The fraction of sp³-hybridized carbons (Fsp3) is 0.387. The molecule has 15 heteroatoms. The third-order valence-corrected chi connectivity index (χ3v) is 8.16. The van der Waals surface area contributed by atoms with Crippen molar-refractivity contribution in [3.8, 4) is 11.1 Å². The van der Waals surface area contributed by atoms with Gasteiger partial charge < -0.3 is 15.3 Å². The summed E-state index contributed by atoms with van der Waals surface area (Å²) in [6, 6.07) is 8.55. The number of carbonyl (C=O) groups is 2. The Hall–Kier alpha value is -4.24. The van der Waals surface area contributed by atoms with Crippen molar-refractivity contribution in [3.63, 3.8) is 0 Å². The third-order valence-electron chi connectivity index (χ3n) is 8.16. The fourth-order valence-corrected chi connectivity index (χ4v) is 5.84. The number of benzene rings is 2. The number of carbonyl (C=O) groups excluding carboxylic acids is 1. The number of pyridine rings is 1. The van der Waals surface area contributed by atoms with Gasteiger partial charge >= 0.3 is 18.3 Å². The van der Waals surface area contributed by atoms with E-state index in [0.717, 1.165) is 11.8 Å². The van der Waals surface area contributed by atoms with Gasteiger partial charge in [0.2, 0.25) is 0 Å². The fourth-order valence-electron chi connectivity index (χ4n) is 5.84. The quantitative estimate of drug-likeness (QED) is 0.293. The molecular weight excluding hydrogens is 623 g/mol. The van der Waals surface area contributed by atoms with Crippen LogP contribution >= 0.6 is 0 Å². The highest BCUT2D eigenvalue weighted by molar-refractivity contribution is 6.04. The number of nitrogens with one attached hydrogen (secondary N) is 1. The zero-order valence-corrected chi connectivity index (χ0v) is 24.3. The maximum absolute atomic E-state index is 14.5. The van der Waals surface area contributed by atoms with E-state index in [-0.39, 0.29) is 60.5 Å². The second kappa shape index (κ2) is 13.2. The van der Waals surface area contributed by atoms with Crippen molar-refractivity contribution < 1.29 is 45.4 Å². The van der Waals surface area contributed by atoms with Crippen LogP contribution in [0, 0.1) is 5.82 Å². The summed E-state index contributed by atoms with van der Waals surface area (Å²) in [6.45, 7) is 2.17. The first-order valence-electron chi connectivity index (χ1n) is 14.5. The maximum Gasteiger partial charge on any atom is 0.419 e. The SMILES string of the molecule is O=C(O)CN1CCN(c2ccc(C(=O)Nc3cc(CN4CCC[C@H]4C(F)(F)F)c(-c4ccc(C(F)(F)F)c(F)c4)cn3)cc2)CC1. The van der Waals surface area contributed by atoms with Gasteiger partial charge in [-0.05, 0) is 73.0 Å². The molecule has 2 N–H and O–H groups in total. The minimum atomic E-state index is -4.93. The van der Waals surface area contributed by atoms with Crippen LogP contribution in [0.5, 0.6) is 0 Å². The number of aromatic nitrogens is 1. The van der Waals surface area contributed by atoms with Crippen molar-refractivity contribution in [3.05, 3.63) is 77.2 Å². The van der Waals surface area contributed by atoms with Gasteiger partial charge in [0.05, 0.1) is 12.1 Å². The maximum atomic E-state index is 14.5. The second-order valence-corrected chi connectivity index (χ2v) is 11.2. The van der Waals surface area contributed by atoms with Gasteiger partial charge in [0.15, 0.2) is 0 Å². The molecule has 8 nitrogen and oxygen atoms in total. The molecule has 46 heavy (non-hydrogen) atoms. The Morgan fingerprint density at radius 1 is 0.935 bits per heavy atom. The van der Waals surface area contributed by atoms with E-state index in [2.05, 4.69) is 15.2 Å². The minimum absolute atomic E-state index is 0.00230. The normalized spacial score (nSPS) is 18.2. The van der Waals surface area contributed by atoms with Crippen molar-refractivity contribution in [2.45, 2.75) is 37.8 Å². The van der Waals surface area contributed by atoms with E-state index in [1.54, 1.807) is 24.3 Å². The zero-order chi connectivity index (χ0) is 33.2. The van der Waals surface area contributed by atoms with Crippen molar-refractivity contribution in [1.29, 1.82) is 0 Å². The molecule has 2 aliphatic heterocycles. The lowest BCUT2D eigenvalue weighted by molar-refractivity contribution is -0.177. The number of piperazine rings is 1. The van der Waals surface area contributed by atoms with Crippen LogP contribution in [0.1, 0.15) is 34.3 Å². The molecule has 1 atom stereocenters. The summed E-state index contributed by atoms with van der Waals surface area (Å²) >= 11 is 0. The summed E-state index contributed by atoms with van der Waals surface area (Å²) < 4.78 is 95.0. The van der Waals surface area contributed by atoms with Crippen molar-refractivity contribution in [2.75, 3.05) is 49.5 Å². The molecule has 0 spiro atoms. The van der Waals surface area contributed by atoms with E-state index in [9.17, 15) is 40.3 Å². The number of carboxylic acids is 1. The second-order valence-electron chi connectivity index (χ2n) is 11.2.